The number of aryl methyl sites for hydroxylation is 1. The van der Waals surface area contributed by atoms with Crippen molar-refractivity contribution in [2.24, 2.45) is 7.05 Å². The van der Waals surface area contributed by atoms with Crippen LogP contribution in [-0.2, 0) is 7.05 Å². The van der Waals surface area contributed by atoms with Crippen molar-refractivity contribution >= 4 is 27.9 Å². The molecule has 0 bridgehead atoms. The highest BCUT2D eigenvalue weighted by Crippen LogP contribution is 2.24. The number of nitrogens with two attached hydrogens (primary N) is 1. The summed E-state index contributed by atoms with van der Waals surface area (Å²) in [6.07, 6.45) is 1.78. The molecule has 15 heavy (non-hydrogen) atoms. The molecule has 0 atom stereocenters. The van der Waals surface area contributed by atoms with E-state index < -0.39 is 0 Å². The summed E-state index contributed by atoms with van der Waals surface area (Å²) >= 11 is 0. The van der Waals surface area contributed by atoms with E-state index in [4.69, 9.17) is 5.73 Å². The summed E-state index contributed by atoms with van der Waals surface area (Å²) in [6.45, 7) is 0. The number of imidazole rings is 1. The first-order valence-electron chi connectivity index (χ1n) is 4.73. The van der Waals surface area contributed by atoms with Crippen molar-refractivity contribution in [2.75, 3.05) is 5.73 Å². The zero-order valence-electron chi connectivity index (χ0n) is 8.31. The molecule has 0 aliphatic carbocycles. The second-order valence-corrected chi connectivity index (χ2v) is 3.53. The molecular weight excluding hydrogens is 189 g/mol. The van der Waals surface area contributed by atoms with Crippen molar-refractivity contribution in [3.63, 3.8) is 0 Å². The van der Waals surface area contributed by atoms with Gasteiger partial charge in [-0.1, -0.05) is 0 Å². The minimum absolute atomic E-state index is 0.529. The van der Waals surface area contributed by atoms with Crippen molar-refractivity contribution < 1.29 is 0 Å². The lowest BCUT2D eigenvalue weighted by atomic mass is 10.2. The summed E-state index contributed by atoms with van der Waals surface area (Å²) in [4.78, 5) is 8.62. The molecule has 74 valence electrons. The number of benzene rings is 1. The number of nitrogens with zero attached hydrogens (tertiary/aromatic N) is 3. The Morgan fingerprint density at radius 3 is 3.00 bits per heavy atom. The van der Waals surface area contributed by atoms with Gasteiger partial charge in [0.1, 0.15) is 5.52 Å². The summed E-state index contributed by atoms with van der Waals surface area (Å²) in [7, 11) is 1.91. The van der Waals surface area contributed by atoms with Crippen molar-refractivity contribution in [2.45, 2.75) is 0 Å². The summed E-state index contributed by atoms with van der Waals surface area (Å²) in [5.74, 6) is 0.529. The fraction of sp³-hybridized carbons (Fsp3) is 0.0909. The van der Waals surface area contributed by atoms with Crippen LogP contribution in [0.3, 0.4) is 0 Å². The number of anilines is 1. The zero-order valence-corrected chi connectivity index (χ0v) is 8.31. The van der Waals surface area contributed by atoms with Crippen LogP contribution in [-0.4, -0.2) is 14.5 Å². The third-order valence-corrected chi connectivity index (χ3v) is 2.67. The Hall–Kier alpha value is -2.10. The van der Waals surface area contributed by atoms with Crippen LogP contribution < -0.4 is 5.73 Å². The van der Waals surface area contributed by atoms with Crippen LogP contribution in [0.25, 0.3) is 21.9 Å². The van der Waals surface area contributed by atoms with Gasteiger partial charge in [0.15, 0.2) is 0 Å². The van der Waals surface area contributed by atoms with Crippen LogP contribution in [0.15, 0.2) is 30.5 Å². The van der Waals surface area contributed by atoms with Gasteiger partial charge >= 0.3 is 0 Å². The number of pyridine rings is 1. The third-order valence-electron chi connectivity index (χ3n) is 2.67. The van der Waals surface area contributed by atoms with Crippen LogP contribution >= 0.6 is 0 Å². The number of nitrogen functional groups attached to an aromatic ring is 1. The van der Waals surface area contributed by atoms with Crippen LogP contribution in [0.5, 0.6) is 0 Å². The molecule has 0 saturated heterocycles. The lowest BCUT2D eigenvalue weighted by Crippen LogP contribution is -1.95. The molecule has 0 amide bonds. The number of hydrogen-bond donors (Lipinski definition) is 1. The van der Waals surface area contributed by atoms with Gasteiger partial charge in [0.05, 0.1) is 11.0 Å². The van der Waals surface area contributed by atoms with E-state index in [1.807, 2.05) is 35.9 Å². The topological polar surface area (TPSA) is 56.7 Å². The summed E-state index contributed by atoms with van der Waals surface area (Å²) in [5, 5.41) is 1.04. The third kappa shape index (κ3) is 1.01. The summed E-state index contributed by atoms with van der Waals surface area (Å²) in [6, 6.07) is 7.90. The maximum Gasteiger partial charge on any atom is 0.200 e. The van der Waals surface area contributed by atoms with Gasteiger partial charge in [-0.2, -0.15) is 0 Å². The van der Waals surface area contributed by atoms with Gasteiger partial charge in [0.25, 0.3) is 0 Å². The van der Waals surface area contributed by atoms with E-state index in [9.17, 15) is 0 Å². The number of hydrogen-bond acceptors (Lipinski definition) is 3. The second-order valence-electron chi connectivity index (χ2n) is 3.53. The SMILES string of the molecule is Cn1c2ccc3ncccc3c2n[13c]1N. The molecule has 0 aliphatic heterocycles. The molecule has 0 radical (unpaired) electrons. The average molecular weight is 199 g/mol. The number of rotatable bonds is 0. The molecule has 0 aliphatic rings. The summed E-state index contributed by atoms with van der Waals surface area (Å²) in [5.41, 5.74) is 8.67. The van der Waals surface area contributed by atoms with E-state index >= 15 is 0 Å². The molecule has 4 heteroatoms. The molecule has 4 nitrogen and oxygen atoms in total. The highest BCUT2D eigenvalue weighted by molar-refractivity contribution is 6.03. The van der Waals surface area contributed by atoms with Crippen LogP contribution in [0.2, 0.25) is 0 Å². The Kier molecular flexibility index (Phi) is 1.48. The van der Waals surface area contributed by atoms with E-state index in [1.165, 1.54) is 0 Å². The quantitative estimate of drug-likeness (QED) is 0.599. The van der Waals surface area contributed by atoms with Gasteiger partial charge in [0.2, 0.25) is 5.95 Å². The molecule has 2 N–H and O–H groups in total. The predicted octanol–water partition coefficient (Wildman–Crippen LogP) is 1.70. The molecule has 3 aromatic rings. The number of fused-ring (bicyclic) bond motifs is 3. The van der Waals surface area contributed by atoms with Crippen LogP contribution in [0.1, 0.15) is 0 Å². The molecule has 2 heterocycles. The van der Waals surface area contributed by atoms with E-state index in [1.54, 1.807) is 6.20 Å². The van der Waals surface area contributed by atoms with E-state index in [-0.39, 0.29) is 0 Å². The second kappa shape index (κ2) is 2.70. The molecular formula is C11H10N4. The van der Waals surface area contributed by atoms with Gasteiger partial charge in [-0.15, -0.1) is 0 Å². The molecule has 1 aromatic carbocycles. The monoisotopic (exact) mass is 199 g/mol. The predicted molar refractivity (Wildman–Crippen MR) is 60.4 cm³/mol. The Labute approximate surface area is 86.4 Å². The maximum atomic E-state index is 5.78. The Morgan fingerprint density at radius 1 is 1.27 bits per heavy atom. The Bertz CT molecular complexity index is 654. The zero-order chi connectivity index (χ0) is 10.4. The maximum absolute atomic E-state index is 5.78. The Morgan fingerprint density at radius 2 is 2.13 bits per heavy atom. The molecule has 0 saturated carbocycles. The largest absolute Gasteiger partial charge is 0.369 e. The van der Waals surface area contributed by atoms with Crippen LogP contribution in [0, 0.1) is 0 Å². The molecule has 0 unspecified atom stereocenters. The highest BCUT2D eigenvalue weighted by Gasteiger charge is 2.07. The van der Waals surface area contributed by atoms with Crippen molar-refractivity contribution in [1.29, 1.82) is 0 Å². The molecule has 0 spiro atoms. The van der Waals surface area contributed by atoms with Gasteiger partial charge in [0, 0.05) is 18.6 Å². The fourth-order valence-electron chi connectivity index (χ4n) is 1.83. The Balaban J connectivity index is 2.60. The van der Waals surface area contributed by atoms with Crippen molar-refractivity contribution in [3.05, 3.63) is 30.5 Å². The van der Waals surface area contributed by atoms with Gasteiger partial charge in [-0.3, -0.25) is 4.98 Å². The molecule has 3 rings (SSSR count). The number of aromatic nitrogens is 3. The van der Waals surface area contributed by atoms with Crippen molar-refractivity contribution in [3.8, 4) is 0 Å². The lowest BCUT2D eigenvalue weighted by Gasteiger charge is -1.98. The van der Waals surface area contributed by atoms with Gasteiger partial charge < -0.3 is 10.3 Å². The minimum Gasteiger partial charge on any atom is -0.369 e. The molecule has 0 fully saturated rings. The summed E-state index contributed by atoms with van der Waals surface area (Å²) < 4.78 is 1.88. The van der Waals surface area contributed by atoms with Gasteiger partial charge in [-0.05, 0) is 24.3 Å². The normalized spacial score (nSPS) is 11.3. The minimum atomic E-state index is 0.529. The van der Waals surface area contributed by atoms with Crippen molar-refractivity contribution in [1.82, 2.24) is 14.5 Å². The first-order chi connectivity index (χ1) is 7.27. The average Bonchev–Trinajstić information content (AvgIpc) is 2.56. The highest BCUT2D eigenvalue weighted by atomic mass is 15.3. The van der Waals surface area contributed by atoms with Gasteiger partial charge in [-0.25, -0.2) is 4.98 Å². The fourth-order valence-corrected chi connectivity index (χ4v) is 1.83. The van der Waals surface area contributed by atoms with Crippen LogP contribution in [0.4, 0.5) is 5.95 Å². The first-order valence-corrected chi connectivity index (χ1v) is 4.73. The standard InChI is InChI=1S/C11H10N4/c1-15-9-5-4-8-7(3-2-6-13-8)10(9)14-11(15)12/h2-6H,1H3,(H2,12,14)/i11+1. The van der Waals surface area contributed by atoms with E-state index in [2.05, 4.69) is 9.97 Å². The van der Waals surface area contributed by atoms with E-state index in [0.717, 1.165) is 21.9 Å². The lowest BCUT2D eigenvalue weighted by molar-refractivity contribution is 0.965. The smallest absolute Gasteiger partial charge is 0.200 e. The van der Waals surface area contributed by atoms with E-state index in [0.29, 0.717) is 5.95 Å². The first kappa shape index (κ1) is 8.23. The molecule has 2 aromatic heterocycles.